The molecule has 4 nitrogen and oxygen atoms in total. The van der Waals surface area contributed by atoms with Crippen LogP contribution in [0.2, 0.25) is 0 Å². The summed E-state index contributed by atoms with van der Waals surface area (Å²) in [6.45, 7) is 8.55. The third kappa shape index (κ3) is 4.61. The number of hydrogen-bond acceptors (Lipinski definition) is 3. The quantitative estimate of drug-likeness (QED) is 0.756. The van der Waals surface area contributed by atoms with Crippen LogP contribution in [0.15, 0.2) is 48.5 Å². The monoisotopic (exact) mass is 375 g/mol. The van der Waals surface area contributed by atoms with E-state index >= 15 is 0 Å². The van der Waals surface area contributed by atoms with Crippen molar-refractivity contribution in [1.29, 1.82) is 5.26 Å². The van der Waals surface area contributed by atoms with Gasteiger partial charge in [0.1, 0.15) is 0 Å². The molecule has 1 fully saturated rings. The van der Waals surface area contributed by atoms with Crippen molar-refractivity contribution in [1.82, 2.24) is 9.80 Å². The minimum atomic E-state index is 0.181. The van der Waals surface area contributed by atoms with E-state index < -0.39 is 0 Å². The van der Waals surface area contributed by atoms with Gasteiger partial charge >= 0.3 is 0 Å². The lowest BCUT2D eigenvalue weighted by Crippen LogP contribution is -2.42. The number of carbonyl (C=O) groups is 1. The molecule has 0 radical (unpaired) electrons. The van der Waals surface area contributed by atoms with Gasteiger partial charge < -0.3 is 4.90 Å². The lowest BCUT2D eigenvalue weighted by Gasteiger charge is -2.33. The third-order valence-electron chi connectivity index (χ3n) is 5.73. The summed E-state index contributed by atoms with van der Waals surface area (Å²) in [5.41, 5.74) is 4.03. The molecule has 1 heterocycles. The van der Waals surface area contributed by atoms with E-state index in [1.165, 1.54) is 5.56 Å². The summed E-state index contributed by atoms with van der Waals surface area (Å²) < 4.78 is 0. The summed E-state index contributed by atoms with van der Waals surface area (Å²) in [7, 11) is 0. The Balaban J connectivity index is 1.57. The second kappa shape index (κ2) is 9.52. The number of rotatable bonds is 6. The van der Waals surface area contributed by atoms with E-state index in [9.17, 15) is 10.1 Å². The first-order valence-electron chi connectivity index (χ1n) is 10.3. The number of carbonyl (C=O) groups excluding carboxylic acids is 1. The van der Waals surface area contributed by atoms with Gasteiger partial charge in [-0.2, -0.15) is 5.26 Å². The predicted octanol–water partition coefficient (Wildman–Crippen LogP) is 4.31. The summed E-state index contributed by atoms with van der Waals surface area (Å²) in [6, 6.07) is 18.5. The third-order valence-corrected chi connectivity index (χ3v) is 5.73. The van der Waals surface area contributed by atoms with Crippen LogP contribution in [0.3, 0.4) is 0 Å². The van der Waals surface area contributed by atoms with E-state index in [1.807, 2.05) is 29.2 Å². The second-order valence-corrected chi connectivity index (χ2v) is 7.42. The molecule has 0 bridgehead atoms. The predicted molar refractivity (Wildman–Crippen MR) is 113 cm³/mol. The number of nitriles is 1. The lowest BCUT2D eigenvalue weighted by molar-refractivity contribution is -0.136. The summed E-state index contributed by atoms with van der Waals surface area (Å²) in [5.74, 6) is 0.506. The molecule has 0 aromatic heterocycles. The van der Waals surface area contributed by atoms with Gasteiger partial charge in [0.15, 0.2) is 0 Å². The summed E-state index contributed by atoms with van der Waals surface area (Å²) >= 11 is 0. The molecule has 1 saturated heterocycles. The molecule has 1 amide bonds. The van der Waals surface area contributed by atoms with E-state index in [0.717, 1.165) is 56.7 Å². The van der Waals surface area contributed by atoms with E-state index in [1.54, 1.807) is 0 Å². The number of piperidine rings is 1. The highest BCUT2D eigenvalue weighted by Gasteiger charge is 2.27. The smallest absolute Gasteiger partial charge is 0.225 e. The van der Waals surface area contributed by atoms with Crippen LogP contribution in [-0.4, -0.2) is 41.9 Å². The largest absolute Gasteiger partial charge is 0.343 e. The van der Waals surface area contributed by atoms with Gasteiger partial charge in [-0.15, -0.1) is 0 Å². The van der Waals surface area contributed by atoms with Crippen LogP contribution in [-0.2, 0) is 11.3 Å². The van der Waals surface area contributed by atoms with Gasteiger partial charge in [-0.1, -0.05) is 42.5 Å². The van der Waals surface area contributed by atoms with Crippen LogP contribution < -0.4 is 0 Å². The van der Waals surface area contributed by atoms with Crippen LogP contribution >= 0.6 is 0 Å². The Hall–Kier alpha value is -2.64. The maximum absolute atomic E-state index is 12.5. The van der Waals surface area contributed by atoms with Crippen molar-refractivity contribution in [3.8, 4) is 17.2 Å². The van der Waals surface area contributed by atoms with E-state index in [0.29, 0.717) is 11.5 Å². The van der Waals surface area contributed by atoms with Crippen molar-refractivity contribution < 1.29 is 4.79 Å². The first kappa shape index (κ1) is 20.1. The van der Waals surface area contributed by atoms with Crippen molar-refractivity contribution >= 4 is 5.91 Å². The lowest BCUT2D eigenvalue weighted by atomic mass is 9.94. The highest BCUT2D eigenvalue weighted by molar-refractivity contribution is 5.79. The molecule has 0 atom stereocenters. The topological polar surface area (TPSA) is 47.3 Å². The Morgan fingerprint density at radius 1 is 1.07 bits per heavy atom. The van der Waals surface area contributed by atoms with Crippen LogP contribution in [0.25, 0.3) is 11.1 Å². The fourth-order valence-electron chi connectivity index (χ4n) is 4.01. The molecule has 0 aliphatic carbocycles. The molecule has 1 aliphatic rings. The highest BCUT2D eigenvalue weighted by Crippen LogP contribution is 2.25. The zero-order chi connectivity index (χ0) is 19.9. The molecule has 0 N–H and O–H groups in total. The number of amides is 1. The van der Waals surface area contributed by atoms with Gasteiger partial charge in [0.2, 0.25) is 5.91 Å². The Morgan fingerprint density at radius 2 is 1.71 bits per heavy atom. The standard InChI is InChI=1S/C24H29N3O/c1-3-27(4-2)24(28)21-13-15-26(16-14-21)18-19-9-11-20(12-10-19)23-8-6-5-7-22(23)17-25/h5-12,21H,3-4,13-16,18H2,1-2H3. The molecule has 146 valence electrons. The maximum atomic E-state index is 12.5. The SMILES string of the molecule is CCN(CC)C(=O)C1CCN(Cc2ccc(-c3ccccc3C#N)cc2)CC1. The molecule has 4 heteroatoms. The molecule has 0 saturated carbocycles. The average Bonchev–Trinajstić information content (AvgIpc) is 2.75. The van der Waals surface area contributed by atoms with E-state index in [4.69, 9.17) is 0 Å². The van der Waals surface area contributed by atoms with Crippen molar-refractivity contribution in [2.45, 2.75) is 33.2 Å². The Morgan fingerprint density at radius 3 is 2.32 bits per heavy atom. The summed E-state index contributed by atoms with van der Waals surface area (Å²) in [5, 5.41) is 9.29. The van der Waals surface area contributed by atoms with Gasteiger partial charge in [-0.25, -0.2) is 0 Å². The van der Waals surface area contributed by atoms with Gasteiger partial charge in [0, 0.05) is 25.6 Å². The first-order chi connectivity index (χ1) is 13.7. The maximum Gasteiger partial charge on any atom is 0.225 e. The fourth-order valence-corrected chi connectivity index (χ4v) is 4.01. The fraction of sp³-hybridized carbons (Fsp3) is 0.417. The van der Waals surface area contributed by atoms with Gasteiger partial charge in [-0.05, 0) is 62.5 Å². The zero-order valence-electron chi connectivity index (χ0n) is 16.9. The van der Waals surface area contributed by atoms with Crippen LogP contribution in [0, 0.1) is 17.2 Å². The average molecular weight is 376 g/mol. The number of hydrogen-bond donors (Lipinski definition) is 0. The minimum absolute atomic E-state index is 0.181. The molecular weight excluding hydrogens is 346 g/mol. The van der Waals surface area contributed by atoms with Crippen LogP contribution in [0.1, 0.15) is 37.8 Å². The van der Waals surface area contributed by atoms with Crippen molar-refractivity contribution in [2.75, 3.05) is 26.2 Å². The molecule has 2 aromatic carbocycles. The summed E-state index contributed by atoms with van der Waals surface area (Å²) in [6.07, 6.45) is 1.89. The van der Waals surface area contributed by atoms with Crippen molar-refractivity contribution in [3.63, 3.8) is 0 Å². The van der Waals surface area contributed by atoms with Gasteiger partial charge in [0.05, 0.1) is 11.6 Å². The number of nitrogens with zero attached hydrogens (tertiary/aromatic N) is 3. The molecular formula is C24H29N3O. The van der Waals surface area contributed by atoms with E-state index in [-0.39, 0.29) is 5.92 Å². The van der Waals surface area contributed by atoms with E-state index in [2.05, 4.69) is 49.1 Å². The zero-order valence-corrected chi connectivity index (χ0v) is 16.9. The number of benzene rings is 2. The molecule has 0 unspecified atom stereocenters. The molecule has 1 aliphatic heterocycles. The Bertz CT molecular complexity index is 826. The molecule has 28 heavy (non-hydrogen) atoms. The highest BCUT2D eigenvalue weighted by atomic mass is 16.2. The molecule has 3 rings (SSSR count). The Kier molecular flexibility index (Phi) is 6.84. The van der Waals surface area contributed by atoms with Crippen molar-refractivity contribution in [3.05, 3.63) is 59.7 Å². The second-order valence-electron chi connectivity index (χ2n) is 7.42. The van der Waals surface area contributed by atoms with Crippen LogP contribution in [0.4, 0.5) is 0 Å². The number of likely N-dealkylation sites (tertiary alicyclic amines) is 1. The van der Waals surface area contributed by atoms with Crippen LogP contribution in [0.5, 0.6) is 0 Å². The molecule has 0 spiro atoms. The van der Waals surface area contributed by atoms with Crippen molar-refractivity contribution in [2.24, 2.45) is 5.92 Å². The van der Waals surface area contributed by atoms with Gasteiger partial charge in [0.25, 0.3) is 0 Å². The van der Waals surface area contributed by atoms with Gasteiger partial charge in [-0.3, -0.25) is 9.69 Å². The normalized spacial score (nSPS) is 15.2. The first-order valence-corrected chi connectivity index (χ1v) is 10.3. The minimum Gasteiger partial charge on any atom is -0.343 e. The molecule has 2 aromatic rings. The summed E-state index contributed by atoms with van der Waals surface area (Å²) in [4.78, 5) is 16.9. The Labute approximate surface area is 168 Å².